The van der Waals surface area contributed by atoms with Crippen molar-refractivity contribution < 1.29 is 9.53 Å². The number of nitrogens with one attached hydrogen (secondary N) is 1. The summed E-state index contributed by atoms with van der Waals surface area (Å²) >= 11 is 5.87. The van der Waals surface area contributed by atoms with Gasteiger partial charge in [-0.15, -0.1) is 11.6 Å². The molecule has 0 aliphatic carbocycles. The zero-order valence-electron chi connectivity index (χ0n) is 9.83. The SMILES string of the molecule is CCOC(=O)c1c(CCl)c2ccccc2[nH]c1=O. The molecule has 2 rings (SSSR count). The molecule has 0 bridgehead atoms. The van der Waals surface area contributed by atoms with Crippen LogP contribution in [0.4, 0.5) is 0 Å². The zero-order chi connectivity index (χ0) is 13.1. The number of fused-ring (bicyclic) bond motifs is 1. The molecular weight excluding hydrogens is 254 g/mol. The maximum absolute atomic E-state index is 11.9. The number of H-pyrrole nitrogens is 1. The fourth-order valence-electron chi connectivity index (χ4n) is 1.87. The van der Waals surface area contributed by atoms with Crippen LogP contribution in [0.3, 0.4) is 0 Å². The Morgan fingerprint density at radius 2 is 2.11 bits per heavy atom. The van der Waals surface area contributed by atoms with E-state index in [2.05, 4.69) is 4.98 Å². The molecule has 0 amide bonds. The number of halogens is 1. The van der Waals surface area contributed by atoms with Gasteiger partial charge in [0.05, 0.1) is 6.61 Å². The number of alkyl halides is 1. The van der Waals surface area contributed by atoms with E-state index in [4.69, 9.17) is 16.3 Å². The number of para-hydroxylation sites is 1. The molecule has 0 radical (unpaired) electrons. The molecule has 1 aromatic carbocycles. The van der Waals surface area contributed by atoms with Gasteiger partial charge >= 0.3 is 5.97 Å². The van der Waals surface area contributed by atoms with Crippen LogP contribution >= 0.6 is 11.6 Å². The molecule has 1 heterocycles. The first-order valence-corrected chi connectivity index (χ1v) is 6.09. The third-order valence-corrected chi connectivity index (χ3v) is 2.91. The second-order valence-electron chi connectivity index (χ2n) is 3.71. The molecule has 2 aromatic rings. The maximum atomic E-state index is 11.9. The van der Waals surface area contributed by atoms with Crippen LogP contribution in [0.15, 0.2) is 29.1 Å². The molecule has 0 saturated heterocycles. The van der Waals surface area contributed by atoms with Crippen LogP contribution in [0.25, 0.3) is 10.9 Å². The quantitative estimate of drug-likeness (QED) is 0.685. The summed E-state index contributed by atoms with van der Waals surface area (Å²) in [6.07, 6.45) is 0. The number of rotatable bonds is 3. The molecule has 0 spiro atoms. The number of aromatic nitrogens is 1. The van der Waals surface area contributed by atoms with Crippen molar-refractivity contribution in [3.05, 3.63) is 45.7 Å². The number of aromatic amines is 1. The summed E-state index contributed by atoms with van der Waals surface area (Å²) in [7, 11) is 0. The normalized spacial score (nSPS) is 10.6. The topological polar surface area (TPSA) is 59.2 Å². The van der Waals surface area contributed by atoms with Gasteiger partial charge in [0, 0.05) is 16.8 Å². The Morgan fingerprint density at radius 3 is 2.78 bits per heavy atom. The van der Waals surface area contributed by atoms with Crippen molar-refractivity contribution in [3.8, 4) is 0 Å². The van der Waals surface area contributed by atoms with Crippen molar-refractivity contribution in [2.24, 2.45) is 0 Å². The van der Waals surface area contributed by atoms with E-state index in [0.717, 1.165) is 5.39 Å². The third kappa shape index (κ3) is 2.11. The van der Waals surface area contributed by atoms with Gasteiger partial charge in [0.15, 0.2) is 0 Å². The fourth-order valence-corrected chi connectivity index (χ4v) is 2.15. The number of esters is 1. The van der Waals surface area contributed by atoms with Gasteiger partial charge in [-0.3, -0.25) is 4.79 Å². The van der Waals surface area contributed by atoms with Crippen LogP contribution in [0, 0.1) is 0 Å². The molecule has 5 heteroatoms. The minimum atomic E-state index is -0.639. The van der Waals surface area contributed by atoms with E-state index in [1.807, 2.05) is 12.1 Å². The van der Waals surface area contributed by atoms with Crippen molar-refractivity contribution in [3.63, 3.8) is 0 Å². The van der Waals surface area contributed by atoms with E-state index in [9.17, 15) is 9.59 Å². The van der Waals surface area contributed by atoms with E-state index < -0.39 is 11.5 Å². The predicted octanol–water partition coefficient (Wildman–Crippen LogP) is 2.44. The van der Waals surface area contributed by atoms with Gasteiger partial charge in [-0.1, -0.05) is 18.2 Å². The lowest BCUT2D eigenvalue weighted by Gasteiger charge is -2.09. The van der Waals surface area contributed by atoms with Gasteiger partial charge in [-0.05, 0) is 18.6 Å². The predicted molar refractivity (Wildman–Crippen MR) is 70.1 cm³/mol. The Labute approximate surface area is 109 Å². The number of carbonyl (C=O) groups excluding carboxylic acids is 1. The molecule has 0 fully saturated rings. The molecule has 0 atom stereocenters. The minimum Gasteiger partial charge on any atom is -0.462 e. The number of benzene rings is 1. The lowest BCUT2D eigenvalue weighted by atomic mass is 10.0. The number of ether oxygens (including phenoxy) is 1. The number of hydrogen-bond donors (Lipinski definition) is 1. The summed E-state index contributed by atoms with van der Waals surface area (Å²) in [5.74, 6) is -0.557. The monoisotopic (exact) mass is 265 g/mol. The Balaban J connectivity index is 2.76. The van der Waals surface area contributed by atoms with Gasteiger partial charge in [0.25, 0.3) is 5.56 Å². The van der Waals surface area contributed by atoms with Crippen LogP contribution in [0.5, 0.6) is 0 Å². The highest BCUT2D eigenvalue weighted by molar-refractivity contribution is 6.19. The second-order valence-corrected chi connectivity index (χ2v) is 3.97. The lowest BCUT2D eigenvalue weighted by molar-refractivity contribution is 0.0523. The number of carbonyl (C=O) groups is 1. The smallest absolute Gasteiger partial charge is 0.344 e. The fraction of sp³-hybridized carbons (Fsp3) is 0.231. The first-order valence-electron chi connectivity index (χ1n) is 5.56. The summed E-state index contributed by atoms with van der Waals surface area (Å²) in [5.41, 5.74) is 0.689. The van der Waals surface area contributed by atoms with Gasteiger partial charge < -0.3 is 9.72 Å². The first kappa shape index (κ1) is 12.6. The third-order valence-electron chi connectivity index (χ3n) is 2.64. The summed E-state index contributed by atoms with van der Waals surface area (Å²) in [4.78, 5) is 26.4. The minimum absolute atomic E-state index is 0.00875. The molecule has 0 saturated carbocycles. The van der Waals surface area contributed by atoms with Gasteiger partial charge in [0.2, 0.25) is 0 Å². The largest absolute Gasteiger partial charge is 0.462 e. The molecule has 1 N–H and O–H groups in total. The van der Waals surface area contributed by atoms with Crippen LogP contribution < -0.4 is 5.56 Å². The molecule has 0 aliphatic heterocycles. The highest BCUT2D eigenvalue weighted by Crippen LogP contribution is 2.20. The lowest BCUT2D eigenvalue weighted by Crippen LogP contribution is -2.22. The molecule has 0 unspecified atom stereocenters. The van der Waals surface area contributed by atoms with Crippen LogP contribution in [0.2, 0.25) is 0 Å². The van der Waals surface area contributed by atoms with Crippen LogP contribution in [-0.2, 0) is 10.6 Å². The Kier molecular flexibility index (Phi) is 3.67. The van der Waals surface area contributed by atoms with Crippen LogP contribution in [-0.4, -0.2) is 17.6 Å². The summed E-state index contributed by atoms with van der Waals surface area (Å²) in [5, 5.41) is 0.759. The van der Waals surface area contributed by atoms with Crippen molar-refractivity contribution in [1.29, 1.82) is 0 Å². The van der Waals surface area contributed by atoms with E-state index >= 15 is 0 Å². The maximum Gasteiger partial charge on any atom is 0.344 e. The Bertz CT molecular complexity index is 648. The average molecular weight is 266 g/mol. The van der Waals surface area contributed by atoms with Gasteiger partial charge in [-0.2, -0.15) is 0 Å². The number of hydrogen-bond acceptors (Lipinski definition) is 3. The zero-order valence-corrected chi connectivity index (χ0v) is 10.6. The summed E-state index contributed by atoms with van der Waals surface area (Å²) in [6, 6.07) is 7.21. The summed E-state index contributed by atoms with van der Waals surface area (Å²) < 4.78 is 4.88. The van der Waals surface area contributed by atoms with Crippen molar-refractivity contribution >= 4 is 28.5 Å². The van der Waals surface area contributed by atoms with Crippen molar-refractivity contribution in [2.45, 2.75) is 12.8 Å². The second kappa shape index (κ2) is 5.23. The Morgan fingerprint density at radius 1 is 1.39 bits per heavy atom. The van der Waals surface area contributed by atoms with Gasteiger partial charge in [-0.25, -0.2) is 4.79 Å². The average Bonchev–Trinajstić information content (AvgIpc) is 2.37. The highest BCUT2D eigenvalue weighted by atomic mass is 35.5. The molecule has 1 aromatic heterocycles. The molecule has 18 heavy (non-hydrogen) atoms. The van der Waals surface area contributed by atoms with E-state index in [1.54, 1.807) is 19.1 Å². The summed E-state index contributed by atoms with van der Waals surface area (Å²) in [6.45, 7) is 1.90. The van der Waals surface area contributed by atoms with Crippen LogP contribution in [0.1, 0.15) is 22.8 Å². The molecule has 4 nitrogen and oxygen atoms in total. The van der Waals surface area contributed by atoms with E-state index in [-0.39, 0.29) is 18.1 Å². The number of pyridine rings is 1. The van der Waals surface area contributed by atoms with E-state index in [0.29, 0.717) is 11.1 Å². The van der Waals surface area contributed by atoms with E-state index in [1.165, 1.54) is 0 Å². The van der Waals surface area contributed by atoms with Crippen molar-refractivity contribution in [2.75, 3.05) is 6.61 Å². The Hall–Kier alpha value is -1.81. The highest BCUT2D eigenvalue weighted by Gasteiger charge is 2.19. The molecule has 0 aliphatic rings. The molecular formula is C13H12ClNO3. The standard InChI is InChI=1S/C13H12ClNO3/c1-2-18-13(17)11-9(7-14)8-5-3-4-6-10(8)15-12(11)16/h3-6H,2,7H2,1H3,(H,15,16). The first-order chi connectivity index (χ1) is 8.69. The molecule has 94 valence electrons. The van der Waals surface area contributed by atoms with Gasteiger partial charge in [0.1, 0.15) is 5.56 Å². The van der Waals surface area contributed by atoms with Crippen molar-refractivity contribution in [1.82, 2.24) is 4.98 Å².